The molecular weight excluding hydrogens is 320 g/mol. The second kappa shape index (κ2) is 7.67. The highest BCUT2D eigenvalue weighted by molar-refractivity contribution is 5.51. The summed E-state index contributed by atoms with van der Waals surface area (Å²) in [4.78, 5) is 11.7. The van der Waals surface area contributed by atoms with Gasteiger partial charge in [0, 0.05) is 12.7 Å². The molecule has 0 aliphatic carbocycles. The number of aromatic nitrogens is 2. The van der Waals surface area contributed by atoms with Crippen molar-refractivity contribution in [1.82, 2.24) is 14.9 Å². The summed E-state index contributed by atoms with van der Waals surface area (Å²) in [5, 5.41) is 3.30. The molecule has 1 aliphatic rings. The highest BCUT2D eigenvalue weighted by Crippen LogP contribution is 2.33. The molecule has 1 N–H and O–H groups in total. The van der Waals surface area contributed by atoms with E-state index < -0.39 is 0 Å². The summed E-state index contributed by atoms with van der Waals surface area (Å²) >= 11 is 0. The number of pyridine rings is 2. The van der Waals surface area contributed by atoms with E-state index in [1.807, 2.05) is 24.3 Å². The van der Waals surface area contributed by atoms with Gasteiger partial charge < -0.3 is 5.32 Å². The number of hydrogen-bond acceptors (Lipinski definition) is 4. The fourth-order valence-corrected chi connectivity index (χ4v) is 3.63. The van der Waals surface area contributed by atoms with E-state index in [1.54, 1.807) is 6.20 Å². The van der Waals surface area contributed by atoms with Crippen LogP contribution in [0.5, 0.6) is 0 Å². The number of nitrogens with one attached hydrogen (secondary N) is 1. The van der Waals surface area contributed by atoms with Gasteiger partial charge in [-0.15, -0.1) is 0 Å². The Labute approximate surface area is 154 Å². The molecule has 4 nitrogen and oxygen atoms in total. The molecule has 4 heteroatoms. The SMILES string of the molecule is Cc1ccccc1CN1CCC[C@H]1c1cccc(Nc2ccccn2)n1. The van der Waals surface area contributed by atoms with Crippen molar-refractivity contribution in [3.8, 4) is 0 Å². The van der Waals surface area contributed by atoms with Gasteiger partial charge in [0.15, 0.2) is 0 Å². The van der Waals surface area contributed by atoms with Crippen molar-refractivity contribution in [2.75, 3.05) is 11.9 Å². The molecule has 1 saturated heterocycles. The molecular formula is C22H24N4. The first-order valence-corrected chi connectivity index (χ1v) is 9.23. The van der Waals surface area contributed by atoms with Gasteiger partial charge in [-0.3, -0.25) is 4.90 Å². The number of aryl methyl sites for hydroxylation is 1. The summed E-state index contributed by atoms with van der Waals surface area (Å²) in [6.45, 7) is 4.30. The van der Waals surface area contributed by atoms with Gasteiger partial charge in [-0.05, 0) is 61.7 Å². The molecule has 4 rings (SSSR count). The Morgan fingerprint density at radius 3 is 2.69 bits per heavy atom. The van der Waals surface area contributed by atoms with E-state index in [4.69, 9.17) is 4.98 Å². The van der Waals surface area contributed by atoms with Gasteiger partial charge in [-0.2, -0.15) is 0 Å². The van der Waals surface area contributed by atoms with Crippen LogP contribution in [-0.2, 0) is 6.54 Å². The van der Waals surface area contributed by atoms with Gasteiger partial charge >= 0.3 is 0 Å². The maximum absolute atomic E-state index is 4.87. The third-order valence-corrected chi connectivity index (χ3v) is 5.03. The Hall–Kier alpha value is -2.72. The second-order valence-electron chi connectivity index (χ2n) is 6.84. The zero-order valence-corrected chi connectivity index (χ0v) is 15.1. The van der Waals surface area contributed by atoms with Crippen molar-refractivity contribution in [3.63, 3.8) is 0 Å². The third kappa shape index (κ3) is 3.75. The van der Waals surface area contributed by atoms with Crippen LogP contribution in [0.25, 0.3) is 0 Å². The summed E-state index contributed by atoms with van der Waals surface area (Å²) in [6.07, 6.45) is 4.16. The fourth-order valence-electron chi connectivity index (χ4n) is 3.63. The minimum atomic E-state index is 0.375. The van der Waals surface area contributed by atoms with Crippen molar-refractivity contribution >= 4 is 11.6 Å². The van der Waals surface area contributed by atoms with Crippen LogP contribution in [0, 0.1) is 6.92 Å². The van der Waals surface area contributed by atoms with Crippen LogP contribution in [0.15, 0.2) is 66.9 Å². The lowest BCUT2D eigenvalue weighted by molar-refractivity contribution is 0.244. The number of rotatable bonds is 5. The highest BCUT2D eigenvalue weighted by atomic mass is 15.2. The Kier molecular flexibility index (Phi) is 4.93. The van der Waals surface area contributed by atoms with Crippen LogP contribution in [0.4, 0.5) is 11.6 Å². The van der Waals surface area contributed by atoms with Crippen molar-refractivity contribution in [3.05, 3.63) is 83.7 Å². The van der Waals surface area contributed by atoms with Crippen LogP contribution in [0.2, 0.25) is 0 Å². The number of hydrogen-bond donors (Lipinski definition) is 1. The largest absolute Gasteiger partial charge is 0.325 e. The van der Waals surface area contributed by atoms with Gasteiger partial charge in [-0.1, -0.05) is 36.4 Å². The predicted molar refractivity (Wildman–Crippen MR) is 105 cm³/mol. The fraction of sp³-hybridized carbons (Fsp3) is 0.273. The first-order chi connectivity index (χ1) is 12.8. The van der Waals surface area contributed by atoms with E-state index in [1.165, 1.54) is 17.5 Å². The summed E-state index contributed by atoms with van der Waals surface area (Å²) in [5.74, 6) is 1.67. The van der Waals surface area contributed by atoms with Crippen LogP contribution in [0.1, 0.15) is 35.7 Å². The maximum atomic E-state index is 4.87. The van der Waals surface area contributed by atoms with Crippen LogP contribution < -0.4 is 5.32 Å². The molecule has 3 heterocycles. The Morgan fingerprint density at radius 2 is 1.85 bits per heavy atom. The van der Waals surface area contributed by atoms with Crippen LogP contribution >= 0.6 is 0 Å². The molecule has 0 spiro atoms. The zero-order chi connectivity index (χ0) is 17.8. The average Bonchev–Trinajstić information content (AvgIpc) is 3.13. The first kappa shape index (κ1) is 16.7. The van der Waals surface area contributed by atoms with E-state index in [9.17, 15) is 0 Å². The lowest BCUT2D eigenvalue weighted by atomic mass is 10.1. The smallest absolute Gasteiger partial charge is 0.131 e. The lowest BCUT2D eigenvalue weighted by Crippen LogP contribution is -2.24. The van der Waals surface area contributed by atoms with Crippen molar-refractivity contribution < 1.29 is 0 Å². The third-order valence-electron chi connectivity index (χ3n) is 5.03. The molecule has 132 valence electrons. The first-order valence-electron chi connectivity index (χ1n) is 9.23. The molecule has 3 aromatic rings. The van der Waals surface area contributed by atoms with E-state index in [2.05, 4.69) is 58.5 Å². The Morgan fingerprint density at radius 1 is 1.00 bits per heavy atom. The van der Waals surface area contributed by atoms with Crippen molar-refractivity contribution in [1.29, 1.82) is 0 Å². The zero-order valence-electron chi connectivity index (χ0n) is 15.1. The highest BCUT2D eigenvalue weighted by Gasteiger charge is 2.27. The number of benzene rings is 1. The van der Waals surface area contributed by atoms with E-state index in [0.717, 1.165) is 36.8 Å². The molecule has 2 aromatic heterocycles. The van der Waals surface area contributed by atoms with Crippen LogP contribution in [0.3, 0.4) is 0 Å². The Bertz CT molecular complexity index is 863. The quantitative estimate of drug-likeness (QED) is 0.717. The molecule has 0 unspecified atom stereocenters. The van der Waals surface area contributed by atoms with Gasteiger partial charge in [0.05, 0.1) is 11.7 Å². The summed E-state index contributed by atoms with van der Waals surface area (Å²) in [6, 6.07) is 21.1. The van der Waals surface area contributed by atoms with Gasteiger partial charge in [0.25, 0.3) is 0 Å². The standard InChI is InChI=1S/C22H24N4/c1-17-8-2-3-9-18(17)16-26-15-7-11-20(26)19-10-6-13-22(24-19)25-21-12-4-5-14-23-21/h2-6,8-10,12-14,20H,7,11,15-16H2,1H3,(H,23,24,25)/t20-/m0/s1. The summed E-state index contributed by atoms with van der Waals surface area (Å²) in [7, 11) is 0. The van der Waals surface area contributed by atoms with Crippen molar-refractivity contribution in [2.45, 2.75) is 32.4 Å². The minimum Gasteiger partial charge on any atom is -0.325 e. The topological polar surface area (TPSA) is 41.0 Å². The Balaban J connectivity index is 1.52. The summed E-state index contributed by atoms with van der Waals surface area (Å²) in [5.41, 5.74) is 3.90. The molecule has 0 amide bonds. The molecule has 1 fully saturated rings. The average molecular weight is 344 g/mol. The van der Waals surface area contributed by atoms with E-state index >= 15 is 0 Å². The molecule has 26 heavy (non-hydrogen) atoms. The molecule has 1 aliphatic heterocycles. The summed E-state index contributed by atoms with van der Waals surface area (Å²) < 4.78 is 0. The minimum absolute atomic E-state index is 0.375. The van der Waals surface area contributed by atoms with E-state index in [-0.39, 0.29) is 0 Å². The monoisotopic (exact) mass is 344 g/mol. The molecule has 0 bridgehead atoms. The van der Waals surface area contributed by atoms with Crippen LogP contribution in [-0.4, -0.2) is 21.4 Å². The lowest BCUT2D eigenvalue weighted by Gasteiger charge is -2.25. The van der Waals surface area contributed by atoms with Gasteiger partial charge in [-0.25, -0.2) is 9.97 Å². The van der Waals surface area contributed by atoms with Crippen molar-refractivity contribution in [2.24, 2.45) is 0 Å². The number of nitrogens with zero attached hydrogens (tertiary/aromatic N) is 3. The molecule has 1 atom stereocenters. The van der Waals surface area contributed by atoms with Gasteiger partial charge in [0.1, 0.15) is 11.6 Å². The molecule has 0 saturated carbocycles. The van der Waals surface area contributed by atoms with E-state index in [0.29, 0.717) is 6.04 Å². The number of likely N-dealkylation sites (tertiary alicyclic amines) is 1. The maximum Gasteiger partial charge on any atom is 0.131 e. The number of anilines is 2. The predicted octanol–water partition coefficient (Wildman–Crippen LogP) is 4.87. The van der Waals surface area contributed by atoms with Gasteiger partial charge in [0.2, 0.25) is 0 Å². The molecule has 1 aromatic carbocycles. The molecule has 0 radical (unpaired) electrons. The normalized spacial score (nSPS) is 17.3. The second-order valence-corrected chi connectivity index (χ2v) is 6.84.